The minimum Gasteiger partial charge on any atom is -0.347 e. The number of rotatable bonds is 4. The zero-order chi connectivity index (χ0) is 15.4. The van der Waals surface area contributed by atoms with Crippen molar-refractivity contribution < 1.29 is 4.79 Å². The second-order valence-corrected chi connectivity index (χ2v) is 5.96. The highest BCUT2D eigenvalue weighted by molar-refractivity contribution is 5.92. The van der Waals surface area contributed by atoms with Gasteiger partial charge < -0.3 is 14.8 Å². The van der Waals surface area contributed by atoms with Crippen molar-refractivity contribution in [1.29, 1.82) is 0 Å². The topological polar surface area (TPSA) is 37.3 Å². The lowest BCUT2D eigenvalue weighted by Gasteiger charge is -2.33. The van der Waals surface area contributed by atoms with E-state index in [1.54, 1.807) is 0 Å². The molecule has 2 heterocycles. The van der Waals surface area contributed by atoms with E-state index in [1.165, 1.54) is 5.56 Å². The molecule has 116 valence electrons. The number of aryl methyl sites for hydroxylation is 1. The summed E-state index contributed by atoms with van der Waals surface area (Å²) in [5.74, 6) is 0.138. The molecule has 1 aliphatic rings. The van der Waals surface area contributed by atoms with Gasteiger partial charge in [-0.1, -0.05) is 30.3 Å². The van der Waals surface area contributed by atoms with Crippen LogP contribution in [0.15, 0.2) is 48.7 Å². The molecule has 1 N–H and O–H groups in total. The fraction of sp³-hybridized carbons (Fsp3) is 0.389. The number of carbonyl (C=O) groups is 1. The van der Waals surface area contributed by atoms with E-state index >= 15 is 0 Å². The average Bonchev–Trinajstić information content (AvgIpc) is 2.99. The predicted molar refractivity (Wildman–Crippen MR) is 87.6 cm³/mol. The van der Waals surface area contributed by atoms with E-state index < -0.39 is 0 Å². The van der Waals surface area contributed by atoms with Crippen LogP contribution in [0.25, 0.3) is 0 Å². The Morgan fingerprint density at radius 3 is 2.77 bits per heavy atom. The van der Waals surface area contributed by atoms with Gasteiger partial charge in [-0.05, 0) is 30.5 Å². The largest absolute Gasteiger partial charge is 0.347 e. The van der Waals surface area contributed by atoms with Crippen LogP contribution in [-0.4, -0.2) is 34.5 Å². The van der Waals surface area contributed by atoms with E-state index in [0.29, 0.717) is 6.04 Å². The Bertz CT molecular complexity index is 620. The van der Waals surface area contributed by atoms with Gasteiger partial charge in [0.15, 0.2) is 0 Å². The number of nitrogens with zero attached hydrogens (tertiary/aromatic N) is 2. The first-order valence-corrected chi connectivity index (χ1v) is 7.92. The van der Waals surface area contributed by atoms with Crippen LogP contribution in [-0.2, 0) is 13.6 Å². The van der Waals surface area contributed by atoms with Crippen LogP contribution in [0, 0.1) is 0 Å². The maximum absolute atomic E-state index is 12.6. The van der Waals surface area contributed by atoms with E-state index in [2.05, 4.69) is 29.6 Å². The van der Waals surface area contributed by atoms with Gasteiger partial charge in [0, 0.05) is 38.9 Å². The monoisotopic (exact) mass is 297 g/mol. The van der Waals surface area contributed by atoms with Gasteiger partial charge in [0.05, 0.1) is 0 Å². The molecule has 0 bridgehead atoms. The van der Waals surface area contributed by atoms with Gasteiger partial charge >= 0.3 is 0 Å². The van der Waals surface area contributed by atoms with E-state index in [1.807, 2.05) is 40.9 Å². The van der Waals surface area contributed by atoms with Gasteiger partial charge in [0.2, 0.25) is 0 Å². The van der Waals surface area contributed by atoms with E-state index in [4.69, 9.17) is 0 Å². The fourth-order valence-corrected chi connectivity index (χ4v) is 3.03. The molecule has 22 heavy (non-hydrogen) atoms. The quantitative estimate of drug-likeness (QED) is 0.941. The van der Waals surface area contributed by atoms with Gasteiger partial charge in [-0.2, -0.15) is 0 Å². The van der Waals surface area contributed by atoms with E-state index in [9.17, 15) is 4.79 Å². The number of aromatic nitrogens is 1. The van der Waals surface area contributed by atoms with Crippen molar-refractivity contribution in [3.8, 4) is 0 Å². The second-order valence-electron chi connectivity index (χ2n) is 5.96. The van der Waals surface area contributed by atoms with Crippen molar-refractivity contribution in [3.63, 3.8) is 0 Å². The molecule has 1 aliphatic heterocycles. The lowest BCUT2D eigenvalue weighted by atomic mass is 10.0. The lowest BCUT2D eigenvalue weighted by Crippen LogP contribution is -2.48. The summed E-state index contributed by atoms with van der Waals surface area (Å²) in [6, 6.07) is 14.6. The molecule has 3 rings (SSSR count). The van der Waals surface area contributed by atoms with Crippen LogP contribution >= 0.6 is 0 Å². The summed E-state index contributed by atoms with van der Waals surface area (Å²) in [6.07, 6.45) is 4.11. The molecule has 1 unspecified atom stereocenters. The maximum Gasteiger partial charge on any atom is 0.270 e. The summed E-state index contributed by atoms with van der Waals surface area (Å²) in [5.41, 5.74) is 2.05. The number of hydrogen-bond donors (Lipinski definition) is 1. The molecular formula is C18H23N3O. The molecule has 1 amide bonds. The van der Waals surface area contributed by atoms with Crippen LogP contribution in [0.5, 0.6) is 0 Å². The SMILES string of the molecule is Cn1cccc1C(=O)N1CCCC(NCc2ccccc2)C1. The minimum absolute atomic E-state index is 0.138. The van der Waals surface area contributed by atoms with Crippen LogP contribution in [0.1, 0.15) is 28.9 Å². The van der Waals surface area contributed by atoms with Crippen molar-refractivity contribution >= 4 is 5.91 Å². The van der Waals surface area contributed by atoms with E-state index in [0.717, 1.165) is 38.2 Å². The van der Waals surface area contributed by atoms with Gasteiger partial charge in [-0.15, -0.1) is 0 Å². The van der Waals surface area contributed by atoms with Crippen molar-refractivity contribution in [3.05, 3.63) is 59.9 Å². The molecule has 4 nitrogen and oxygen atoms in total. The standard InChI is InChI=1S/C18H23N3O/c1-20-11-6-10-17(20)18(22)21-12-5-9-16(14-21)19-13-15-7-3-2-4-8-15/h2-4,6-8,10-11,16,19H,5,9,12-14H2,1H3. The van der Waals surface area contributed by atoms with Crippen molar-refractivity contribution in [1.82, 2.24) is 14.8 Å². The van der Waals surface area contributed by atoms with Gasteiger partial charge in [0.1, 0.15) is 5.69 Å². The Labute approximate surface area is 131 Å². The first-order chi connectivity index (χ1) is 10.7. The second kappa shape index (κ2) is 6.79. The smallest absolute Gasteiger partial charge is 0.270 e. The van der Waals surface area contributed by atoms with Gasteiger partial charge in [-0.3, -0.25) is 4.79 Å². The minimum atomic E-state index is 0.138. The normalized spacial score (nSPS) is 18.4. The molecule has 1 atom stereocenters. The van der Waals surface area contributed by atoms with Crippen molar-refractivity contribution in [2.24, 2.45) is 7.05 Å². The van der Waals surface area contributed by atoms with E-state index in [-0.39, 0.29) is 5.91 Å². The summed E-state index contributed by atoms with van der Waals surface area (Å²) >= 11 is 0. The maximum atomic E-state index is 12.6. The summed E-state index contributed by atoms with van der Waals surface area (Å²) in [7, 11) is 1.92. The Hall–Kier alpha value is -2.07. The Morgan fingerprint density at radius 1 is 1.23 bits per heavy atom. The third kappa shape index (κ3) is 3.39. The zero-order valence-electron chi connectivity index (χ0n) is 13.0. The number of piperidine rings is 1. The number of carbonyl (C=O) groups excluding carboxylic acids is 1. The van der Waals surface area contributed by atoms with Crippen molar-refractivity contribution in [2.75, 3.05) is 13.1 Å². The molecule has 0 aliphatic carbocycles. The first kappa shape index (κ1) is 14.9. The van der Waals surface area contributed by atoms with Crippen LogP contribution in [0.3, 0.4) is 0 Å². The molecular weight excluding hydrogens is 274 g/mol. The summed E-state index contributed by atoms with van der Waals surface area (Å²) in [6.45, 7) is 2.50. The van der Waals surface area contributed by atoms with Crippen LogP contribution in [0.4, 0.5) is 0 Å². The molecule has 0 radical (unpaired) electrons. The Morgan fingerprint density at radius 2 is 2.05 bits per heavy atom. The number of nitrogens with one attached hydrogen (secondary N) is 1. The third-order valence-corrected chi connectivity index (χ3v) is 4.31. The summed E-state index contributed by atoms with van der Waals surface area (Å²) in [5, 5.41) is 3.58. The number of hydrogen-bond acceptors (Lipinski definition) is 2. The van der Waals surface area contributed by atoms with Crippen molar-refractivity contribution in [2.45, 2.75) is 25.4 Å². The highest BCUT2D eigenvalue weighted by atomic mass is 16.2. The first-order valence-electron chi connectivity index (χ1n) is 7.92. The predicted octanol–water partition coefficient (Wildman–Crippen LogP) is 2.42. The molecule has 1 saturated heterocycles. The lowest BCUT2D eigenvalue weighted by molar-refractivity contribution is 0.0684. The highest BCUT2D eigenvalue weighted by Gasteiger charge is 2.25. The molecule has 1 fully saturated rings. The molecule has 4 heteroatoms. The van der Waals surface area contributed by atoms with Gasteiger partial charge in [-0.25, -0.2) is 0 Å². The highest BCUT2D eigenvalue weighted by Crippen LogP contribution is 2.14. The summed E-state index contributed by atoms with van der Waals surface area (Å²) in [4.78, 5) is 14.6. The molecule has 1 aromatic carbocycles. The van der Waals surface area contributed by atoms with Gasteiger partial charge in [0.25, 0.3) is 5.91 Å². The zero-order valence-corrected chi connectivity index (χ0v) is 13.0. The molecule has 0 saturated carbocycles. The molecule has 0 spiro atoms. The Kier molecular flexibility index (Phi) is 4.59. The number of amides is 1. The number of benzene rings is 1. The molecule has 2 aromatic rings. The number of likely N-dealkylation sites (tertiary alicyclic amines) is 1. The molecule has 1 aromatic heterocycles. The Balaban J connectivity index is 1.57. The fourth-order valence-electron chi connectivity index (χ4n) is 3.03. The van der Waals surface area contributed by atoms with Crippen LogP contribution in [0.2, 0.25) is 0 Å². The third-order valence-electron chi connectivity index (χ3n) is 4.31. The van der Waals surface area contributed by atoms with Crippen LogP contribution < -0.4 is 5.32 Å². The average molecular weight is 297 g/mol. The summed E-state index contributed by atoms with van der Waals surface area (Å²) < 4.78 is 1.89.